The van der Waals surface area contributed by atoms with Gasteiger partial charge in [-0.1, -0.05) is 0 Å². The Labute approximate surface area is 87.2 Å². The van der Waals surface area contributed by atoms with Crippen LogP contribution >= 0.6 is 0 Å². The van der Waals surface area contributed by atoms with E-state index in [9.17, 15) is 8.78 Å². The van der Waals surface area contributed by atoms with Crippen molar-refractivity contribution in [3.8, 4) is 0 Å². The lowest BCUT2D eigenvalue weighted by Crippen LogP contribution is -2.35. The molecule has 1 heterocycles. The van der Waals surface area contributed by atoms with E-state index in [1.54, 1.807) is 6.92 Å². The number of ether oxygens (including phenoxy) is 1. The Bertz CT molecular complexity index is 362. The van der Waals surface area contributed by atoms with Crippen molar-refractivity contribution in [2.75, 3.05) is 19.8 Å². The summed E-state index contributed by atoms with van der Waals surface area (Å²) in [6.45, 7) is 3.22. The van der Waals surface area contributed by atoms with Crippen molar-refractivity contribution in [3.63, 3.8) is 0 Å². The van der Waals surface area contributed by atoms with Crippen LogP contribution in [0.4, 0.5) is 8.78 Å². The van der Waals surface area contributed by atoms with Gasteiger partial charge >= 0.3 is 0 Å². The molecule has 0 bridgehead atoms. The molecule has 1 N–H and O–H groups in total. The third-order valence-electron chi connectivity index (χ3n) is 2.58. The van der Waals surface area contributed by atoms with Crippen molar-refractivity contribution in [3.05, 3.63) is 34.9 Å². The van der Waals surface area contributed by atoms with Gasteiger partial charge in [-0.15, -0.1) is 0 Å². The van der Waals surface area contributed by atoms with Gasteiger partial charge in [0.1, 0.15) is 11.6 Å². The summed E-state index contributed by atoms with van der Waals surface area (Å²) in [7, 11) is 0. The average molecular weight is 213 g/mol. The number of benzene rings is 1. The lowest BCUT2D eigenvalue weighted by Gasteiger charge is -2.24. The Morgan fingerprint density at radius 3 is 2.80 bits per heavy atom. The molecular weight excluding hydrogens is 200 g/mol. The number of morpholine rings is 1. The van der Waals surface area contributed by atoms with Crippen LogP contribution in [0.2, 0.25) is 0 Å². The molecule has 0 aliphatic carbocycles. The molecule has 2 rings (SSSR count). The molecular formula is C11H13F2NO. The molecule has 1 atom stereocenters. The van der Waals surface area contributed by atoms with Gasteiger partial charge < -0.3 is 10.1 Å². The molecule has 1 unspecified atom stereocenters. The molecule has 1 aliphatic rings. The van der Waals surface area contributed by atoms with Crippen molar-refractivity contribution in [1.82, 2.24) is 5.32 Å². The number of rotatable bonds is 1. The molecule has 0 amide bonds. The highest BCUT2D eigenvalue weighted by atomic mass is 19.1. The zero-order valence-corrected chi connectivity index (χ0v) is 8.52. The smallest absolute Gasteiger partial charge is 0.128 e. The molecule has 0 aromatic heterocycles. The monoisotopic (exact) mass is 213 g/mol. The van der Waals surface area contributed by atoms with Gasteiger partial charge in [0.15, 0.2) is 0 Å². The van der Waals surface area contributed by atoms with Crippen LogP contribution in [-0.4, -0.2) is 19.8 Å². The Balaban J connectivity index is 2.30. The Morgan fingerprint density at radius 2 is 2.13 bits per heavy atom. The third-order valence-corrected chi connectivity index (χ3v) is 2.58. The van der Waals surface area contributed by atoms with Gasteiger partial charge in [0.05, 0.1) is 19.3 Å². The molecule has 1 fully saturated rings. The molecule has 0 spiro atoms. The first-order chi connectivity index (χ1) is 7.18. The van der Waals surface area contributed by atoms with Gasteiger partial charge in [0.25, 0.3) is 0 Å². The molecule has 2 nitrogen and oxygen atoms in total. The van der Waals surface area contributed by atoms with Gasteiger partial charge in [0.2, 0.25) is 0 Å². The van der Waals surface area contributed by atoms with Crippen LogP contribution in [-0.2, 0) is 4.74 Å². The number of hydrogen-bond acceptors (Lipinski definition) is 2. The number of hydrogen-bond donors (Lipinski definition) is 1. The van der Waals surface area contributed by atoms with Crippen LogP contribution in [0.1, 0.15) is 17.2 Å². The Hall–Kier alpha value is -1.00. The van der Waals surface area contributed by atoms with Gasteiger partial charge in [-0.05, 0) is 24.6 Å². The molecule has 0 saturated carbocycles. The van der Waals surface area contributed by atoms with E-state index in [0.29, 0.717) is 30.9 Å². The van der Waals surface area contributed by atoms with Crippen molar-refractivity contribution >= 4 is 0 Å². The second kappa shape index (κ2) is 4.24. The highest BCUT2D eigenvalue weighted by Gasteiger charge is 2.20. The summed E-state index contributed by atoms with van der Waals surface area (Å²) >= 11 is 0. The van der Waals surface area contributed by atoms with E-state index >= 15 is 0 Å². The maximum absolute atomic E-state index is 13.6. The second-order valence-electron chi connectivity index (χ2n) is 3.70. The number of halogens is 2. The standard InChI is InChI=1S/C11H13F2NO/c1-7-4-10(13)8(5-9(7)12)11-6-15-3-2-14-11/h4-5,11,14H,2-3,6H2,1H3. The highest BCUT2D eigenvalue weighted by molar-refractivity contribution is 5.28. The zero-order valence-electron chi connectivity index (χ0n) is 8.52. The molecule has 4 heteroatoms. The SMILES string of the molecule is Cc1cc(F)c(C2COCCN2)cc1F. The predicted octanol–water partition coefficient (Wildman–Crippen LogP) is 1.93. The third kappa shape index (κ3) is 2.16. The predicted molar refractivity (Wildman–Crippen MR) is 52.7 cm³/mol. The maximum atomic E-state index is 13.6. The zero-order chi connectivity index (χ0) is 10.8. The topological polar surface area (TPSA) is 21.3 Å². The largest absolute Gasteiger partial charge is 0.378 e. The summed E-state index contributed by atoms with van der Waals surface area (Å²) in [6.07, 6.45) is 0. The van der Waals surface area contributed by atoms with Crippen molar-refractivity contribution in [2.24, 2.45) is 0 Å². The van der Waals surface area contributed by atoms with Crippen LogP contribution in [0.3, 0.4) is 0 Å². The first-order valence-electron chi connectivity index (χ1n) is 4.95. The Kier molecular flexibility index (Phi) is 2.98. The minimum absolute atomic E-state index is 0.242. The van der Waals surface area contributed by atoms with Crippen molar-refractivity contribution in [2.45, 2.75) is 13.0 Å². The van der Waals surface area contributed by atoms with Crippen molar-refractivity contribution < 1.29 is 13.5 Å². The second-order valence-corrected chi connectivity index (χ2v) is 3.70. The van der Waals surface area contributed by atoms with Gasteiger partial charge in [-0.25, -0.2) is 8.78 Å². The summed E-state index contributed by atoms with van der Waals surface area (Å²) in [5.41, 5.74) is 0.672. The fraction of sp³-hybridized carbons (Fsp3) is 0.455. The highest BCUT2D eigenvalue weighted by Crippen LogP contribution is 2.22. The lowest BCUT2D eigenvalue weighted by molar-refractivity contribution is 0.0756. The van der Waals surface area contributed by atoms with Gasteiger partial charge in [-0.2, -0.15) is 0 Å². The molecule has 0 radical (unpaired) electrons. The molecule has 82 valence electrons. The van der Waals surface area contributed by atoms with Crippen molar-refractivity contribution in [1.29, 1.82) is 0 Å². The van der Waals surface area contributed by atoms with E-state index in [-0.39, 0.29) is 17.7 Å². The minimum Gasteiger partial charge on any atom is -0.378 e. The molecule has 1 saturated heterocycles. The van der Waals surface area contributed by atoms with E-state index in [0.717, 1.165) is 0 Å². The van der Waals surface area contributed by atoms with Crippen LogP contribution < -0.4 is 5.32 Å². The fourth-order valence-electron chi connectivity index (χ4n) is 1.69. The van der Waals surface area contributed by atoms with Crippen LogP contribution in [0.25, 0.3) is 0 Å². The fourth-order valence-corrected chi connectivity index (χ4v) is 1.69. The Morgan fingerprint density at radius 1 is 1.33 bits per heavy atom. The average Bonchev–Trinajstić information content (AvgIpc) is 2.25. The van der Waals surface area contributed by atoms with Gasteiger partial charge in [-0.3, -0.25) is 0 Å². The minimum atomic E-state index is -0.378. The molecule has 1 aromatic rings. The van der Waals surface area contributed by atoms with Crippen LogP contribution in [0.15, 0.2) is 12.1 Å². The number of aryl methyl sites for hydroxylation is 1. The normalized spacial score (nSPS) is 21.7. The molecule has 1 aromatic carbocycles. The van der Waals surface area contributed by atoms with Gasteiger partial charge in [0, 0.05) is 12.1 Å². The summed E-state index contributed by atoms with van der Waals surface area (Å²) in [5, 5.41) is 3.09. The van der Waals surface area contributed by atoms with Crippen LogP contribution in [0.5, 0.6) is 0 Å². The quantitative estimate of drug-likeness (QED) is 0.769. The van der Waals surface area contributed by atoms with E-state index < -0.39 is 0 Å². The lowest BCUT2D eigenvalue weighted by atomic mass is 10.0. The summed E-state index contributed by atoms with van der Waals surface area (Å²) in [4.78, 5) is 0. The van der Waals surface area contributed by atoms with E-state index in [4.69, 9.17) is 4.74 Å². The summed E-state index contributed by atoms with van der Waals surface area (Å²) in [6, 6.07) is 2.23. The summed E-state index contributed by atoms with van der Waals surface area (Å²) < 4.78 is 32.0. The first-order valence-corrected chi connectivity index (χ1v) is 4.95. The summed E-state index contributed by atoms with van der Waals surface area (Å²) in [5.74, 6) is -0.754. The maximum Gasteiger partial charge on any atom is 0.128 e. The van der Waals surface area contributed by atoms with E-state index in [1.807, 2.05) is 0 Å². The van der Waals surface area contributed by atoms with E-state index in [1.165, 1.54) is 12.1 Å². The number of nitrogens with one attached hydrogen (secondary N) is 1. The molecule has 1 aliphatic heterocycles. The first kappa shape index (κ1) is 10.5. The van der Waals surface area contributed by atoms with Crippen LogP contribution in [0, 0.1) is 18.6 Å². The molecule has 15 heavy (non-hydrogen) atoms. The van der Waals surface area contributed by atoms with E-state index in [2.05, 4.69) is 5.32 Å².